The predicted octanol–water partition coefficient (Wildman–Crippen LogP) is 3.85. The van der Waals surface area contributed by atoms with E-state index in [1.54, 1.807) is 9.58 Å². The third kappa shape index (κ3) is 4.92. The lowest BCUT2D eigenvalue weighted by Gasteiger charge is -2.34. The van der Waals surface area contributed by atoms with Gasteiger partial charge in [0.15, 0.2) is 12.6 Å². The van der Waals surface area contributed by atoms with Crippen molar-refractivity contribution in [2.24, 2.45) is 0 Å². The standard InChI is InChI=1S/C24H28N4O5/c1-24(2,3)33-23(30)27-10-4-5-18(14-27)28-20(15-29)19(13-25)21(26-28)16-6-8-17(9-7-16)22-31-11-12-32-22/h6-9,15,18,22H,4-5,10-12,14H2,1-3H3/t18-/m1/s1. The van der Waals surface area contributed by atoms with Crippen molar-refractivity contribution in [3.05, 3.63) is 41.1 Å². The van der Waals surface area contributed by atoms with Crippen LogP contribution in [-0.4, -0.2) is 59.0 Å². The number of nitrogens with zero attached hydrogens (tertiary/aromatic N) is 4. The number of ether oxygens (including phenoxy) is 3. The summed E-state index contributed by atoms with van der Waals surface area (Å²) in [6.45, 7) is 7.52. The molecule has 4 rings (SSSR count). The van der Waals surface area contributed by atoms with E-state index in [0.717, 1.165) is 24.0 Å². The van der Waals surface area contributed by atoms with E-state index in [-0.39, 0.29) is 23.4 Å². The van der Waals surface area contributed by atoms with Gasteiger partial charge in [-0.2, -0.15) is 10.4 Å². The molecule has 33 heavy (non-hydrogen) atoms. The fourth-order valence-electron chi connectivity index (χ4n) is 4.15. The number of piperidine rings is 1. The minimum atomic E-state index is -0.592. The minimum absolute atomic E-state index is 0.218. The summed E-state index contributed by atoms with van der Waals surface area (Å²) >= 11 is 0. The van der Waals surface area contributed by atoms with Crippen LogP contribution < -0.4 is 0 Å². The molecule has 1 amide bonds. The Balaban J connectivity index is 1.61. The Morgan fingerprint density at radius 1 is 1.24 bits per heavy atom. The largest absolute Gasteiger partial charge is 0.444 e. The number of carbonyl (C=O) groups excluding carboxylic acids is 2. The summed E-state index contributed by atoms with van der Waals surface area (Å²) in [6.07, 6.45) is 1.37. The van der Waals surface area contributed by atoms with E-state index in [1.165, 1.54) is 0 Å². The summed E-state index contributed by atoms with van der Waals surface area (Å²) in [5.74, 6) is 0. The molecule has 1 aromatic carbocycles. The van der Waals surface area contributed by atoms with Gasteiger partial charge in [-0.3, -0.25) is 9.48 Å². The van der Waals surface area contributed by atoms with E-state index in [4.69, 9.17) is 14.2 Å². The molecule has 0 saturated carbocycles. The number of hydrogen-bond acceptors (Lipinski definition) is 7. The van der Waals surface area contributed by atoms with Gasteiger partial charge in [-0.15, -0.1) is 0 Å². The molecule has 9 nitrogen and oxygen atoms in total. The zero-order chi connectivity index (χ0) is 23.6. The fourth-order valence-corrected chi connectivity index (χ4v) is 4.15. The SMILES string of the molecule is CC(C)(C)OC(=O)N1CCC[C@@H](n2nc(-c3ccc(C4OCCO4)cc3)c(C#N)c2C=O)C1. The normalized spacial score (nSPS) is 19.3. The molecule has 0 N–H and O–H groups in total. The highest BCUT2D eigenvalue weighted by molar-refractivity contribution is 5.83. The molecule has 0 aliphatic carbocycles. The number of aldehydes is 1. The van der Waals surface area contributed by atoms with Crippen molar-refractivity contribution < 1.29 is 23.8 Å². The van der Waals surface area contributed by atoms with Gasteiger partial charge in [0, 0.05) is 24.2 Å². The van der Waals surface area contributed by atoms with Gasteiger partial charge in [0.1, 0.15) is 28.6 Å². The summed E-state index contributed by atoms with van der Waals surface area (Å²) < 4.78 is 18.1. The number of hydrogen-bond donors (Lipinski definition) is 0. The molecular formula is C24H28N4O5. The van der Waals surface area contributed by atoms with E-state index in [0.29, 0.717) is 38.3 Å². The third-order valence-electron chi connectivity index (χ3n) is 5.64. The van der Waals surface area contributed by atoms with Crippen LogP contribution in [-0.2, 0) is 14.2 Å². The van der Waals surface area contributed by atoms with Crippen LogP contribution in [0.5, 0.6) is 0 Å². The quantitative estimate of drug-likeness (QED) is 0.649. The molecule has 0 unspecified atom stereocenters. The summed E-state index contributed by atoms with van der Waals surface area (Å²) in [6, 6.07) is 9.34. The Bertz CT molecular complexity index is 1060. The summed E-state index contributed by atoms with van der Waals surface area (Å²) in [5, 5.41) is 14.5. The van der Waals surface area contributed by atoms with Gasteiger partial charge in [-0.1, -0.05) is 24.3 Å². The number of amides is 1. The zero-order valence-corrected chi connectivity index (χ0v) is 19.1. The van der Waals surface area contributed by atoms with Crippen LogP contribution in [0.3, 0.4) is 0 Å². The van der Waals surface area contributed by atoms with E-state index in [1.807, 2.05) is 45.0 Å². The first-order valence-electron chi connectivity index (χ1n) is 11.1. The Labute approximate surface area is 192 Å². The molecular weight excluding hydrogens is 424 g/mol. The highest BCUT2D eigenvalue weighted by Gasteiger charge is 2.31. The maximum atomic E-state index is 12.6. The number of aromatic nitrogens is 2. The Morgan fingerprint density at radius 2 is 1.94 bits per heavy atom. The molecule has 2 fully saturated rings. The molecule has 0 bridgehead atoms. The van der Waals surface area contributed by atoms with Gasteiger partial charge in [-0.05, 0) is 33.6 Å². The minimum Gasteiger partial charge on any atom is -0.444 e. The monoisotopic (exact) mass is 452 g/mol. The number of benzene rings is 1. The van der Waals surface area contributed by atoms with E-state index < -0.39 is 11.9 Å². The number of rotatable bonds is 4. The number of likely N-dealkylation sites (tertiary alicyclic amines) is 1. The lowest BCUT2D eigenvalue weighted by atomic mass is 10.0. The predicted molar refractivity (Wildman–Crippen MR) is 118 cm³/mol. The molecule has 0 spiro atoms. The first kappa shape index (κ1) is 23.0. The Morgan fingerprint density at radius 3 is 2.55 bits per heavy atom. The summed E-state index contributed by atoms with van der Waals surface area (Å²) in [4.78, 5) is 26.2. The van der Waals surface area contributed by atoms with Crippen LogP contribution in [0.1, 0.15) is 67.6 Å². The third-order valence-corrected chi connectivity index (χ3v) is 5.64. The maximum Gasteiger partial charge on any atom is 0.410 e. The van der Waals surface area contributed by atoms with Crippen LogP contribution in [0.25, 0.3) is 11.3 Å². The van der Waals surface area contributed by atoms with Gasteiger partial charge in [-0.25, -0.2) is 4.79 Å². The average Bonchev–Trinajstić information content (AvgIpc) is 3.46. The number of nitriles is 1. The molecule has 174 valence electrons. The van der Waals surface area contributed by atoms with Gasteiger partial charge in [0.2, 0.25) is 0 Å². The maximum absolute atomic E-state index is 12.6. The second kappa shape index (κ2) is 9.33. The Hall–Kier alpha value is -3.22. The molecule has 9 heteroatoms. The highest BCUT2D eigenvalue weighted by atomic mass is 16.7. The first-order chi connectivity index (χ1) is 15.8. The lowest BCUT2D eigenvalue weighted by Crippen LogP contribution is -2.43. The van der Waals surface area contributed by atoms with Crippen LogP contribution in [0, 0.1) is 11.3 Å². The average molecular weight is 453 g/mol. The molecule has 2 saturated heterocycles. The van der Waals surface area contributed by atoms with Crippen molar-refractivity contribution in [3.8, 4) is 17.3 Å². The molecule has 2 aliphatic rings. The molecule has 1 atom stereocenters. The van der Waals surface area contributed by atoms with Crippen LogP contribution in [0.15, 0.2) is 24.3 Å². The lowest BCUT2D eigenvalue weighted by molar-refractivity contribution is -0.0441. The van der Waals surface area contributed by atoms with Gasteiger partial charge in [0.25, 0.3) is 0 Å². The van der Waals surface area contributed by atoms with Gasteiger partial charge >= 0.3 is 6.09 Å². The number of carbonyl (C=O) groups is 2. The Kier molecular flexibility index (Phi) is 6.49. The zero-order valence-electron chi connectivity index (χ0n) is 19.1. The van der Waals surface area contributed by atoms with Crippen LogP contribution >= 0.6 is 0 Å². The fraction of sp³-hybridized carbons (Fsp3) is 0.500. The van der Waals surface area contributed by atoms with Crippen molar-refractivity contribution in [1.29, 1.82) is 5.26 Å². The van der Waals surface area contributed by atoms with E-state index in [2.05, 4.69) is 11.2 Å². The van der Waals surface area contributed by atoms with Crippen molar-refractivity contribution in [3.63, 3.8) is 0 Å². The molecule has 0 radical (unpaired) electrons. The summed E-state index contributed by atoms with van der Waals surface area (Å²) in [7, 11) is 0. The highest BCUT2D eigenvalue weighted by Crippen LogP contribution is 2.31. The topological polar surface area (TPSA) is 107 Å². The summed E-state index contributed by atoms with van der Waals surface area (Å²) in [5.41, 5.74) is 1.88. The van der Waals surface area contributed by atoms with Gasteiger partial charge in [0.05, 0.1) is 19.3 Å². The van der Waals surface area contributed by atoms with Gasteiger partial charge < -0.3 is 19.1 Å². The first-order valence-corrected chi connectivity index (χ1v) is 11.1. The van der Waals surface area contributed by atoms with E-state index in [9.17, 15) is 14.9 Å². The molecule has 1 aromatic heterocycles. The molecule has 3 heterocycles. The van der Waals surface area contributed by atoms with Crippen molar-refractivity contribution in [2.75, 3.05) is 26.3 Å². The second-order valence-electron chi connectivity index (χ2n) is 9.20. The molecule has 2 aliphatic heterocycles. The molecule has 2 aromatic rings. The van der Waals surface area contributed by atoms with Crippen LogP contribution in [0.4, 0.5) is 4.79 Å². The van der Waals surface area contributed by atoms with Crippen molar-refractivity contribution >= 4 is 12.4 Å². The van der Waals surface area contributed by atoms with E-state index >= 15 is 0 Å². The smallest absolute Gasteiger partial charge is 0.410 e. The van der Waals surface area contributed by atoms with Crippen molar-refractivity contribution in [2.45, 2.75) is 51.5 Å². The van der Waals surface area contributed by atoms with Crippen LogP contribution in [0.2, 0.25) is 0 Å². The van der Waals surface area contributed by atoms with Crippen molar-refractivity contribution in [1.82, 2.24) is 14.7 Å². The second-order valence-corrected chi connectivity index (χ2v) is 9.20.